The number of ether oxygens (including phenoxy) is 2. The van der Waals surface area contributed by atoms with Crippen LogP contribution in [0.5, 0.6) is 5.75 Å². The number of hydrogen-bond donors (Lipinski definition) is 0. The summed E-state index contributed by atoms with van der Waals surface area (Å²) in [4.78, 5) is 13.6. The number of morpholine rings is 1. The minimum atomic E-state index is -1.17. The van der Waals surface area contributed by atoms with Gasteiger partial charge in [0.1, 0.15) is 12.4 Å². The van der Waals surface area contributed by atoms with E-state index >= 15 is 0 Å². The Morgan fingerprint density at radius 2 is 1.47 bits per heavy atom. The van der Waals surface area contributed by atoms with Crippen LogP contribution < -0.4 is 9.84 Å². The van der Waals surface area contributed by atoms with E-state index in [1.54, 1.807) is 12.1 Å². The lowest BCUT2D eigenvalue weighted by atomic mass is 9.63. The van der Waals surface area contributed by atoms with E-state index in [9.17, 15) is 9.90 Å². The van der Waals surface area contributed by atoms with Crippen molar-refractivity contribution in [2.45, 2.75) is 51.4 Å². The molecule has 0 atom stereocenters. The standard InChI is InChI=1S/C33H39NO4/c1-32(2)13-14-33(3,4)29-22-26(9-11-28(29)32)27-21-25(23-5-7-24(8-6-23)31(35)36)10-12-30(27)38-20-17-34-15-18-37-19-16-34/h5-12,21-22H,13-20H2,1-4H3,(H,35,36)/p-1. The highest BCUT2D eigenvalue weighted by Crippen LogP contribution is 2.47. The molecule has 2 aliphatic rings. The first-order chi connectivity index (χ1) is 18.1. The summed E-state index contributed by atoms with van der Waals surface area (Å²) in [7, 11) is 0. The fourth-order valence-corrected chi connectivity index (χ4v) is 5.73. The quantitative estimate of drug-likeness (QED) is 0.422. The summed E-state index contributed by atoms with van der Waals surface area (Å²) in [5, 5.41) is 11.2. The van der Waals surface area contributed by atoms with Crippen molar-refractivity contribution in [1.82, 2.24) is 4.90 Å². The van der Waals surface area contributed by atoms with Crippen LogP contribution in [-0.4, -0.2) is 50.3 Å². The number of carboxylic acids is 1. The van der Waals surface area contributed by atoms with Crippen molar-refractivity contribution in [3.63, 3.8) is 0 Å². The number of fused-ring (bicyclic) bond motifs is 1. The van der Waals surface area contributed by atoms with E-state index in [2.05, 4.69) is 56.9 Å². The Morgan fingerprint density at radius 3 is 2.16 bits per heavy atom. The summed E-state index contributed by atoms with van der Waals surface area (Å²) in [6.45, 7) is 14.3. The highest BCUT2D eigenvalue weighted by atomic mass is 16.5. The van der Waals surface area contributed by atoms with Crippen molar-refractivity contribution in [1.29, 1.82) is 0 Å². The number of benzene rings is 3. The molecular weight excluding hydrogens is 474 g/mol. The fraction of sp³-hybridized carbons (Fsp3) is 0.424. The predicted molar refractivity (Wildman–Crippen MR) is 150 cm³/mol. The van der Waals surface area contributed by atoms with Crippen molar-refractivity contribution in [2.24, 2.45) is 0 Å². The van der Waals surface area contributed by atoms with Gasteiger partial charge in [-0.05, 0) is 69.2 Å². The molecule has 5 heteroatoms. The average Bonchev–Trinajstić information content (AvgIpc) is 2.92. The molecule has 0 unspecified atom stereocenters. The first-order valence-corrected chi connectivity index (χ1v) is 13.7. The van der Waals surface area contributed by atoms with E-state index in [-0.39, 0.29) is 16.4 Å². The molecule has 3 aromatic carbocycles. The minimum Gasteiger partial charge on any atom is -0.545 e. The third kappa shape index (κ3) is 5.50. The molecular formula is C33H38NO4-. The Kier molecular flexibility index (Phi) is 7.34. The smallest absolute Gasteiger partial charge is 0.127 e. The Hall–Kier alpha value is -3.15. The minimum absolute atomic E-state index is 0.108. The molecule has 0 amide bonds. The number of carbonyl (C=O) groups is 1. The number of rotatable bonds is 7. The highest BCUT2D eigenvalue weighted by molar-refractivity contribution is 5.87. The first kappa shape index (κ1) is 26.5. The van der Waals surface area contributed by atoms with Gasteiger partial charge >= 0.3 is 0 Å². The van der Waals surface area contributed by atoms with Crippen LogP contribution in [0.3, 0.4) is 0 Å². The maximum Gasteiger partial charge on any atom is 0.127 e. The van der Waals surface area contributed by atoms with Gasteiger partial charge in [0.2, 0.25) is 0 Å². The van der Waals surface area contributed by atoms with Crippen molar-refractivity contribution in [3.8, 4) is 28.0 Å². The van der Waals surface area contributed by atoms with Gasteiger partial charge in [-0.15, -0.1) is 0 Å². The number of nitrogens with zero attached hydrogens (tertiary/aromatic N) is 1. The molecule has 0 bridgehead atoms. The van der Waals surface area contributed by atoms with Crippen LogP contribution in [-0.2, 0) is 15.6 Å². The van der Waals surface area contributed by atoms with Crippen LogP contribution in [0.15, 0.2) is 60.7 Å². The van der Waals surface area contributed by atoms with E-state index in [0.717, 1.165) is 67.3 Å². The molecule has 0 N–H and O–H groups in total. The fourth-order valence-electron chi connectivity index (χ4n) is 5.73. The average molecular weight is 513 g/mol. The van der Waals surface area contributed by atoms with Crippen molar-refractivity contribution in [2.75, 3.05) is 39.5 Å². The number of carbonyl (C=O) groups excluding carboxylic acids is 1. The Labute approximate surface area is 226 Å². The number of aromatic carboxylic acids is 1. The number of hydrogen-bond acceptors (Lipinski definition) is 5. The maximum absolute atomic E-state index is 11.2. The van der Waals surface area contributed by atoms with Gasteiger partial charge in [-0.3, -0.25) is 4.90 Å². The summed E-state index contributed by atoms with van der Waals surface area (Å²) in [6, 6.07) is 20.0. The van der Waals surface area contributed by atoms with E-state index in [1.165, 1.54) is 17.5 Å². The molecule has 1 saturated heterocycles. The van der Waals surface area contributed by atoms with Crippen LogP contribution in [0.25, 0.3) is 22.3 Å². The van der Waals surface area contributed by atoms with Crippen LogP contribution in [0.2, 0.25) is 0 Å². The Bertz CT molecular complexity index is 1300. The van der Waals surface area contributed by atoms with Gasteiger partial charge in [-0.25, -0.2) is 0 Å². The molecule has 5 rings (SSSR count). The van der Waals surface area contributed by atoms with Crippen LogP contribution in [0.4, 0.5) is 0 Å². The Morgan fingerprint density at radius 1 is 0.842 bits per heavy atom. The largest absolute Gasteiger partial charge is 0.545 e. The molecule has 0 aromatic heterocycles. The summed E-state index contributed by atoms with van der Waals surface area (Å²) in [5.41, 5.74) is 7.45. The van der Waals surface area contributed by atoms with E-state index in [0.29, 0.717) is 6.61 Å². The third-order valence-corrected chi connectivity index (χ3v) is 8.37. The molecule has 0 spiro atoms. The van der Waals surface area contributed by atoms with Gasteiger partial charge in [0.25, 0.3) is 0 Å². The van der Waals surface area contributed by atoms with E-state index in [1.807, 2.05) is 24.3 Å². The van der Waals surface area contributed by atoms with Gasteiger partial charge in [-0.1, -0.05) is 76.2 Å². The second-order valence-electron chi connectivity index (χ2n) is 11.9. The zero-order chi connectivity index (χ0) is 26.9. The molecule has 5 nitrogen and oxygen atoms in total. The van der Waals surface area contributed by atoms with Crippen molar-refractivity contribution >= 4 is 5.97 Å². The van der Waals surface area contributed by atoms with Gasteiger partial charge < -0.3 is 19.4 Å². The molecule has 3 aromatic rings. The molecule has 38 heavy (non-hydrogen) atoms. The molecule has 1 fully saturated rings. The summed E-state index contributed by atoms with van der Waals surface area (Å²) >= 11 is 0. The van der Waals surface area contributed by atoms with Gasteiger partial charge in [0.15, 0.2) is 0 Å². The zero-order valence-electron chi connectivity index (χ0n) is 23.0. The molecule has 0 saturated carbocycles. The highest BCUT2D eigenvalue weighted by Gasteiger charge is 2.37. The molecule has 0 radical (unpaired) electrons. The van der Waals surface area contributed by atoms with E-state index < -0.39 is 5.97 Å². The second kappa shape index (κ2) is 10.5. The Balaban J connectivity index is 1.52. The normalized spacial score (nSPS) is 18.5. The van der Waals surface area contributed by atoms with Crippen molar-refractivity contribution in [3.05, 3.63) is 77.4 Å². The predicted octanol–water partition coefficient (Wildman–Crippen LogP) is 5.44. The summed E-state index contributed by atoms with van der Waals surface area (Å²) < 4.78 is 11.9. The summed E-state index contributed by atoms with van der Waals surface area (Å²) in [5.74, 6) is -0.304. The lowest BCUT2D eigenvalue weighted by molar-refractivity contribution is -0.255. The molecule has 200 valence electrons. The lowest BCUT2D eigenvalue weighted by Gasteiger charge is -2.42. The maximum atomic E-state index is 11.2. The molecule has 1 heterocycles. The van der Waals surface area contributed by atoms with Crippen LogP contribution in [0.1, 0.15) is 62.0 Å². The van der Waals surface area contributed by atoms with E-state index in [4.69, 9.17) is 9.47 Å². The first-order valence-electron chi connectivity index (χ1n) is 13.7. The monoisotopic (exact) mass is 512 g/mol. The van der Waals surface area contributed by atoms with Gasteiger partial charge in [0.05, 0.1) is 19.2 Å². The second-order valence-corrected chi connectivity index (χ2v) is 11.9. The van der Waals surface area contributed by atoms with Gasteiger partial charge in [0, 0.05) is 25.2 Å². The topological polar surface area (TPSA) is 61.8 Å². The van der Waals surface area contributed by atoms with Crippen molar-refractivity contribution < 1.29 is 19.4 Å². The lowest BCUT2D eigenvalue weighted by Crippen LogP contribution is -2.38. The van der Waals surface area contributed by atoms with Crippen LogP contribution >= 0.6 is 0 Å². The summed E-state index contributed by atoms with van der Waals surface area (Å²) in [6.07, 6.45) is 2.34. The third-order valence-electron chi connectivity index (χ3n) is 8.37. The zero-order valence-corrected chi connectivity index (χ0v) is 23.0. The molecule has 1 aliphatic carbocycles. The SMILES string of the molecule is CC1(C)CCC(C)(C)c2cc(-c3cc(-c4ccc(C(=O)[O-])cc4)ccc3OCCN3CCOCC3)ccc21. The van der Waals surface area contributed by atoms with Gasteiger partial charge in [-0.2, -0.15) is 0 Å². The van der Waals surface area contributed by atoms with Crippen LogP contribution in [0, 0.1) is 0 Å². The number of carboxylic acid groups (broad SMARTS) is 1. The molecule has 1 aliphatic heterocycles.